The van der Waals surface area contributed by atoms with E-state index in [0.29, 0.717) is 5.41 Å². The van der Waals surface area contributed by atoms with Gasteiger partial charge in [-0.15, -0.1) is 0 Å². The normalized spacial score (nSPS) is 17.2. The molecule has 0 N–H and O–H groups in total. The molecule has 0 radical (unpaired) electrons. The van der Waals surface area contributed by atoms with Crippen molar-refractivity contribution >= 4 is 33.4 Å². The first-order chi connectivity index (χ1) is 17.2. The van der Waals surface area contributed by atoms with Crippen molar-refractivity contribution in [2.24, 2.45) is 5.41 Å². The molecule has 2 aliphatic rings. The fourth-order valence-electron chi connectivity index (χ4n) is 6.01. The average Bonchev–Trinajstić information content (AvgIpc) is 2.86. The molecule has 0 heterocycles. The van der Waals surface area contributed by atoms with Gasteiger partial charge in [0.15, 0.2) is 0 Å². The Morgan fingerprint density at radius 1 is 0.806 bits per heavy atom. The number of benzene rings is 4. The average molecular weight is 473 g/mol. The van der Waals surface area contributed by atoms with Crippen molar-refractivity contribution in [3.63, 3.8) is 0 Å². The first kappa shape index (κ1) is 24.3. The molecule has 0 fully saturated rings. The van der Waals surface area contributed by atoms with Gasteiger partial charge in [-0.25, -0.2) is 0 Å². The molecule has 4 aromatic carbocycles. The number of fused-ring (bicyclic) bond motifs is 5. The maximum Gasteiger partial charge on any atom is 0.150 e. The highest BCUT2D eigenvalue weighted by molar-refractivity contribution is 5.95. The van der Waals surface area contributed by atoms with Crippen molar-refractivity contribution in [3.8, 4) is 0 Å². The Morgan fingerprint density at radius 3 is 2.28 bits per heavy atom. The summed E-state index contributed by atoms with van der Waals surface area (Å²) >= 11 is 0. The minimum Gasteiger partial charge on any atom is -0.298 e. The van der Waals surface area contributed by atoms with E-state index in [1.165, 1.54) is 45.7 Å². The first-order valence-corrected chi connectivity index (χ1v) is 13.1. The van der Waals surface area contributed by atoms with Crippen LogP contribution < -0.4 is 0 Å². The number of hydrogen-bond acceptors (Lipinski definition) is 1. The Labute approximate surface area is 215 Å². The van der Waals surface area contributed by atoms with Crippen molar-refractivity contribution in [3.05, 3.63) is 113 Å². The molecule has 0 unspecified atom stereocenters. The van der Waals surface area contributed by atoms with Crippen LogP contribution in [0.15, 0.2) is 90.5 Å². The second-order valence-corrected chi connectivity index (χ2v) is 11.7. The van der Waals surface area contributed by atoms with Gasteiger partial charge in [-0.05, 0) is 80.0 Å². The molecule has 0 aromatic heterocycles. The minimum absolute atomic E-state index is 0.196. The zero-order valence-corrected chi connectivity index (χ0v) is 22.2. The van der Waals surface area contributed by atoms with E-state index in [-0.39, 0.29) is 5.41 Å². The van der Waals surface area contributed by atoms with Crippen LogP contribution >= 0.6 is 0 Å². The fourth-order valence-corrected chi connectivity index (χ4v) is 6.01. The van der Waals surface area contributed by atoms with E-state index in [0.717, 1.165) is 23.7 Å². The largest absolute Gasteiger partial charge is 0.298 e. The number of hydrogen-bond donors (Lipinski definition) is 0. The van der Waals surface area contributed by atoms with E-state index >= 15 is 0 Å². The lowest BCUT2D eigenvalue weighted by Gasteiger charge is -2.40. The smallest absolute Gasteiger partial charge is 0.150 e. The molecule has 6 rings (SSSR count). The van der Waals surface area contributed by atoms with Gasteiger partial charge in [0, 0.05) is 5.56 Å². The summed E-state index contributed by atoms with van der Waals surface area (Å²) < 4.78 is 0. The summed E-state index contributed by atoms with van der Waals surface area (Å²) in [5, 5.41) is 5.12. The van der Waals surface area contributed by atoms with Crippen molar-refractivity contribution in [1.29, 1.82) is 0 Å². The third-order valence-electron chi connectivity index (χ3n) is 7.78. The summed E-state index contributed by atoms with van der Waals surface area (Å²) in [5.41, 5.74) is 8.81. The standard InChI is InChI=1S/C24H28.C11H8O/c1-6-16-7-8-17-9-10-20-19-11-12-23(2,3)14-18(19)15-24(4,5)22(20)21(17)13-16;12-8-9-5-6-10-3-1-2-4-11(10)7-9/h7-13H,6,14-15H2,1-5H3;1-8H. The molecule has 2 aliphatic carbocycles. The van der Waals surface area contributed by atoms with Crippen LogP contribution in [0.5, 0.6) is 0 Å². The minimum atomic E-state index is 0.196. The van der Waals surface area contributed by atoms with Gasteiger partial charge in [-0.3, -0.25) is 4.79 Å². The van der Waals surface area contributed by atoms with E-state index in [1.54, 1.807) is 11.1 Å². The predicted molar refractivity (Wildman–Crippen MR) is 155 cm³/mol. The molecule has 0 atom stereocenters. The van der Waals surface area contributed by atoms with Crippen LogP contribution in [0.25, 0.3) is 27.1 Å². The van der Waals surface area contributed by atoms with Gasteiger partial charge in [-0.2, -0.15) is 0 Å². The zero-order chi connectivity index (χ0) is 25.5. The van der Waals surface area contributed by atoms with Gasteiger partial charge in [-0.1, -0.05) is 119 Å². The molecule has 0 amide bonds. The summed E-state index contributed by atoms with van der Waals surface area (Å²) in [7, 11) is 0. The monoisotopic (exact) mass is 472 g/mol. The van der Waals surface area contributed by atoms with Gasteiger partial charge >= 0.3 is 0 Å². The summed E-state index contributed by atoms with van der Waals surface area (Å²) in [6.45, 7) is 11.8. The van der Waals surface area contributed by atoms with Crippen LogP contribution in [0, 0.1) is 5.41 Å². The van der Waals surface area contributed by atoms with E-state index in [2.05, 4.69) is 77.1 Å². The van der Waals surface area contributed by atoms with Crippen LogP contribution in [0.4, 0.5) is 0 Å². The molecule has 0 bridgehead atoms. The van der Waals surface area contributed by atoms with Gasteiger partial charge in [0.2, 0.25) is 0 Å². The molecule has 36 heavy (non-hydrogen) atoms. The summed E-state index contributed by atoms with van der Waals surface area (Å²) in [6, 6.07) is 25.3. The Morgan fingerprint density at radius 2 is 1.53 bits per heavy atom. The van der Waals surface area contributed by atoms with Gasteiger partial charge in [0.1, 0.15) is 6.29 Å². The maximum absolute atomic E-state index is 10.5. The van der Waals surface area contributed by atoms with E-state index in [9.17, 15) is 4.79 Å². The lowest BCUT2D eigenvalue weighted by molar-refractivity contribution is 0.112. The summed E-state index contributed by atoms with van der Waals surface area (Å²) in [6.07, 6.45) is 9.13. The van der Waals surface area contributed by atoms with Crippen molar-refractivity contribution in [1.82, 2.24) is 0 Å². The van der Waals surface area contributed by atoms with E-state index < -0.39 is 0 Å². The van der Waals surface area contributed by atoms with Gasteiger partial charge in [0.25, 0.3) is 0 Å². The van der Waals surface area contributed by atoms with Crippen LogP contribution in [-0.2, 0) is 11.8 Å². The molecule has 0 saturated heterocycles. The molecule has 0 aliphatic heterocycles. The Kier molecular flexibility index (Phi) is 6.20. The third-order valence-corrected chi connectivity index (χ3v) is 7.78. The molecule has 1 heteroatoms. The number of aryl methyl sites for hydroxylation is 1. The highest BCUT2D eigenvalue weighted by atomic mass is 16.1. The molecule has 4 aromatic rings. The van der Waals surface area contributed by atoms with Gasteiger partial charge in [0.05, 0.1) is 0 Å². The van der Waals surface area contributed by atoms with Crippen LogP contribution in [0.3, 0.4) is 0 Å². The Balaban J connectivity index is 0.000000186. The van der Waals surface area contributed by atoms with Crippen molar-refractivity contribution in [2.75, 3.05) is 0 Å². The lowest BCUT2D eigenvalue weighted by Crippen LogP contribution is -2.27. The summed E-state index contributed by atoms with van der Waals surface area (Å²) in [4.78, 5) is 10.5. The number of aldehydes is 1. The highest BCUT2D eigenvalue weighted by Gasteiger charge is 2.36. The third kappa shape index (κ3) is 4.55. The number of carbonyl (C=O) groups excluding carboxylic acids is 1. The van der Waals surface area contributed by atoms with E-state index in [4.69, 9.17) is 0 Å². The van der Waals surface area contributed by atoms with Crippen molar-refractivity contribution < 1.29 is 4.79 Å². The maximum atomic E-state index is 10.5. The number of allylic oxidation sites excluding steroid dienone is 4. The topological polar surface area (TPSA) is 17.1 Å². The van der Waals surface area contributed by atoms with Crippen molar-refractivity contribution in [2.45, 2.75) is 59.3 Å². The van der Waals surface area contributed by atoms with Crippen LogP contribution in [0.1, 0.15) is 74.5 Å². The van der Waals surface area contributed by atoms with Gasteiger partial charge < -0.3 is 0 Å². The Bertz CT molecular complexity index is 1530. The zero-order valence-electron chi connectivity index (χ0n) is 22.2. The SMILES string of the molecule is CCc1ccc2ccc3c(c2c1)C(C)(C)CC1=C3C=CC(C)(C)C1.O=Cc1ccc2ccccc2c1. The van der Waals surface area contributed by atoms with E-state index in [1.807, 2.05) is 42.5 Å². The molecule has 1 nitrogen and oxygen atoms in total. The summed E-state index contributed by atoms with van der Waals surface area (Å²) in [5.74, 6) is 0. The first-order valence-electron chi connectivity index (χ1n) is 13.1. The second kappa shape index (κ2) is 9.21. The molecular weight excluding hydrogens is 436 g/mol. The van der Waals surface area contributed by atoms with Crippen LogP contribution in [0.2, 0.25) is 0 Å². The fraction of sp³-hybridized carbons (Fsp3) is 0.286. The molecular formula is C35H36O. The second-order valence-electron chi connectivity index (χ2n) is 11.7. The molecule has 0 spiro atoms. The van der Waals surface area contributed by atoms with Crippen LogP contribution in [-0.4, -0.2) is 6.29 Å². The predicted octanol–water partition coefficient (Wildman–Crippen LogP) is 9.48. The number of rotatable bonds is 2. The Hall–Kier alpha value is -3.45. The lowest BCUT2D eigenvalue weighted by atomic mass is 9.64. The highest BCUT2D eigenvalue weighted by Crippen LogP contribution is 2.51. The quantitative estimate of drug-likeness (QED) is 0.265. The number of carbonyl (C=O) groups is 1. The molecule has 0 saturated carbocycles. The molecule has 182 valence electrons.